The van der Waals surface area contributed by atoms with Crippen molar-refractivity contribution < 1.29 is 9.47 Å². The molecule has 2 saturated heterocycles. The van der Waals surface area contributed by atoms with Crippen molar-refractivity contribution in [3.05, 3.63) is 43.0 Å². The van der Waals surface area contributed by atoms with Crippen LogP contribution in [0.3, 0.4) is 0 Å². The number of hydrogen-bond acceptors (Lipinski definition) is 7. The zero-order chi connectivity index (χ0) is 16.2. The van der Waals surface area contributed by atoms with Crippen LogP contribution < -0.4 is 9.80 Å². The average Bonchev–Trinajstić information content (AvgIpc) is 2.86. The first kappa shape index (κ1) is 15.3. The summed E-state index contributed by atoms with van der Waals surface area (Å²) in [5.41, 5.74) is 0.788. The Kier molecular flexibility index (Phi) is 4.27. The Morgan fingerprint density at radius 1 is 0.917 bits per heavy atom. The molecule has 1 spiro atoms. The Balaban J connectivity index is 1.56. The molecule has 0 aliphatic carbocycles. The Hall–Kier alpha value is -2.25. The predicted octanol–water partition coefficient (Wildman–Crippen LogP) is 0.984. The summed E-state index contributed by atoms with van der Waals surface area (Å²) >= 11 is 0. The van der Waals surface area contributed by atoms with Crippen LogP contribution in [0.5, 0.6) is 0 Å². The van der Waals surface area contributed by atoms with E-state index < -0.39 is 0 Å². The van der Waals surface area contributed by atoms with Crippen LogP contribution >= 0.6 is 0 Å². The van der Waals surface area contributed by atoms with Crippen molar-refractivity contribution in [1.29, 1.82) is 0 Å². The second kappa shape index (κ2) is 6.70. The third kappa shape index (κ3) is 3.18. The summed E-state index contributed by atoms with van der Waals surface area (Å²) in [6.45, 7) is 5.04. The van der Waals surface area contributed by atoms with Gasteiger partial charge in [0.1, 0.15) is 5.60 Å². The molecular formula is C17H21N5O2. The third-order valence-corrected chi connectivity index (χ3v) is 4.46. The van der Waals surface area contributed by atoms with E-state index in [1.54, 1.807) is 12.4 Å². The number of nitrogens with zero attached hydrogens (tertiary/aromatic N) is 5. The molecule has 0 radical (unpaired) electrons. The highest BCUT2D eigenvalue weighted by molar-refractivity contribution is 5.46. The van der Waals surface area contributed by atoms with Gasteiger partial charge in [0.15, 0.2) is 0 Å². The molecule has 7 nitrogen and oxygen atoms in total. The van der Waals surface area contributed by atoms with Gasteiger partial charge in [0.05, 0.1) is 32.9 Å². The number of rotatable bonds is 2. The van der Waals surface area contributed by atoms with Crippen molar-refractivity contribution in [3.8, 4) is 0 Å². The lowest BCUT2D eigenvalue weighted by molar-refractivity contribution is -0.0896. The topological polar surface area (TPSA) is 63.6 Å². The van der Waals surface area contributed by atoms with E-state index in [0.717, 1.165) is 32.1 Å². The summed E-state index contributed by atoms with van der Waals surface area (Å²) in [4.78, 5) is 17.4. The summed E-state index contributed by atoms with van der Waals surface area (Å²) in [5, 5.41) is 0. The number of hydrogen-bond donors (Lipinski definition) is 0. The Bertz CT molecular complexity index is 657. The van der Waals surface area contributed by atoms with E-state index in [2.05, 4.69) is 24.8 Å². The normalized spacial score (nSPS) is 24.8. The maximum absolute atomic E-state index is 6.21. The molecule has 2 aromatic heterocycles. The summed E-state index contributed by atoms with van der Waals surface area (Å²) in [7, 11) is 0. The van der Waals surface area contributed by atoms with Crippen LogP contribution in [0.4, 0.5) is 11.6 Å². The molecule has 0 amide bonds. The van der Waals surface area contributed by atoms with Crippen molar-refractivity contribution >= 4 is 11.6 Å². The van der Waals surface area contributed by atoms with Gasteiger partial charge in [-0.15, -0.1) is 0 Å². The van der Waals surface area contributed by atoms with Gasteiger partial charge in [-0.05, 0) is 18.2 Å². The molecule has 0 aromatic carbocycles. The smallest absolute Gasteiger partial charge is 0.225 e. The summed E-state index contributed by atoms with van der Waals surface area (Å²) in [6.07, 6.45) is 7.19. The number of anilines is 2. The lowest BCUT2D eigenvalue weighted by Crippen LogP contribution is -2.59. The van der Waals surface area contributed by atoms with E-state index >= 15 is 0 Å². The van der Waals surface area contributed by atoms with Crippen LogP contribution in [0.1, 0.15) is 0 Å². The van der Waals surface area contributed by atoms with Gasteiger partial charge in [-0.2, -0.15) is 0 Å². The molecule has 7 heteroatoms. The van der Waals surface area contributed by atoms with Crippen LogP contribution in [0, 0.1) is 0 Å². The SMILES string of the molecule is c1cnc(N2CCOCC3(CN(c4ccncc4)CCO3)C2)nc1. The highest BCUT2D eigenvalue weighted by Crippen LogP contribution is 2.27. The van der Waals surface area contributed by atoms with E-state index in [-0.39, 0.29) is 5.60 Å². The number of morpholine rings is 1. The second-order valence-corrected chi connectivity index (χ2v) is 6.18. The molecule has 0 N–H and O–H groups in total. The molecule has 1 unspecified atom stereocenters. The van der Waals surface area contributed by atoms with Crippen molar-refractivity contribution in [2.45, 2.75) is 5.60 Å². The maximum atomic E-state index is 6.21. The van der Waals surface area contributed by atoms with E-state index in [1.807, 2.05) is 30.6 Å². The van der Waals surface area contributed by atoms with Crippen molar-refractivity contribution in [3.63, 3.8) is 0 Å². The highest BCUT2D eigenvalue weighted by Gasteiger charge is 2.41. The Morgan fingerprint density at radius 2 is 1.67 bits per heavy atom. The largest absolute Gasteiger partial charge is 0.376 e. The van der Waals surface area contributed by atoms with E-state index in [1.165, 1.54) is 5.69 Å². The van der Waals surface area contributed by atoms with Gasteiger partial charge in [-0.1, -0.05) is 0 Å². The van der Waals surface area contributed by atoms with Gasteiger partial charge in [0, 0.05) is 43.6 Å². The van der Waals surface area contributed by atoms with Crippen LogP contribution in [-0.4, -0.2) is 66.6 Å². The standard InChI is InChI=1S/C17H21N5O2/c1-4-19-16(20-5-1)22-8-10-23-14-17(13-22)12-21(9-11-24-17)15-2-6-18-7-3-15/h1-7H,8-14H2. The first-order chi connectivity index (χ1) is 11.8. The molecule has 2 aliphatic heterocycles. The van der Waals surface area contributed by atoms with Gasteiger partial charge in [-0.25, -0.2) is 9.97 Å². The molecule has 1 atom stereocenters. The van der Waals surface area contributed by atoms with Gasteiger partial charge >= 0.3 is 0 Å². The fourth-order valence-electron chi connectivity index (χ4n) is 3.33. The van der Waals surface area contributed by atoms with Gasteiger partial charge in [0.2, 0.25) is 5.95 Å². The zero-order valence-corrected chi connectivity index (χ0v) is 13.5. The minimum atomic E-state index is -0.378. The van der Waals surface area contributed by atoms with Gasteiger partial charge in [-0.3, -0.25) is 4.98 Å². The summed E-state index contributed by atoms with van der Waals surface area (Å²) < 4.78 is 12.1. The molecule has 4 rings (SSSR count). The van der Waals surface area contributed by atoms with Crippen molar-refractivity contribution in [2.75, 3.05) is 55.8 Å². The molecule has 24 heavy (non-hydrogen) atoms. The maximum Gasteiger partial charge on any atom is 0.225 e. The third-order valence-electron chi connectivity index (χ3n) is 4.46. The number of aromatic nitrogens is 3. The zero-order valence-electron chi connectivity index (χ0n) is 13.5. The first-order valence-corrected chi connectivity index (χ1v) is 8.23. The van der Waals surface area contributed by atoms with Crippen molar-refractivity contribution in [1.82, 2.24) is 15.0 Å². The molecule has 0 saturated carbocycles. The van der Waals surface area contributed by atoms with Crippen LogP contribution in [0.2, 0.25) is 0 Å². The number of pyridine rings is 1. The molecule has 126 valence electrons. The lowest BCUT2D eigenvalue weighted by Gasteiger charge is -2.44. The van der Waals surface area contributed by atoms with Crippen LogP contribution in [-0.2, 0) is 9.47 Å². The lowest BCUT2D eigenvalue weighted by atomic mass is 10.0. The van der Waals surface area contributed by atoms with Gasteiger partial charge in [0.25, 0.3) is 0 Å². The first-order valence-electron chi connectivity index (χ1n) is 8.23. The molecule has 2 aromatic rings. The summed E-state index contributed by atoms with van der Waals surface area (Å²) in [6, 6.07) is 5.90. The molecule has 2 fully saturated rings. The van der Waals surface area contributed by atoms with Gasteiger partial charge < -0.3 is 19.3 Å². The fraction of sp³-hybridized carbons (Fsp3) is 0.471. The molecule has 2 aliphatic rings. The molecule has 4 heterocycles. The predicted molar refractivity (Wildman–Crippen MR) is 90.2 cm³/mol. The Labute approximate surface area is 141 Å². The minimum Gasteiger partial charge on any atom is -0.376 e. The van der Waals surface area contributed by atoms with E-state index in [4.69, 9.17) is 9.47 Å². The second-order valence-electron chi connectivity index (χ2n) is 6.18. The van der Waals surface area contributed by atoms with Crippen molar-refractivity contribution in [2.24, 2.45) is 0 Å². The van der Waals surface area contributed by atoms with E-state index in [0.29, 0.717) is 19.8 Å². The summed E-state index contributed by atoms with van der Waals surface area (Å²) in [5.74, 6) is 0.729. The quantitative estimate of drug-likeness (QED) is 0.815. The fourth-order valence-corrected chi connectivity index (χ4v) is 3.33. The van der Waals surface area contributed by atoms with Crippen LogP contribution in [0.25, 0.3) is 0 Å². The monoisotopic (exact) mass is 327 g/mol. The van der Waals surface area contributed by atoms with E-state index in [9.17, 15) is 0 Å². The average molecular weight is 327 g/mol. The molecule has 0 bridgehead atoms. The Morgan fingerprint density at radius 3 is 2.50 bits per heavy atom. The minimum absolute atomic E-state index is 0.378. The molecular weight excluding hydrogens is 306 g/mol. The van der Waals surface area contributed by atoms with Crippen LogP contribution in [0.15, 0.2) is 43.0 Å². The highest BCUT2D eigenvalue weighted by atomic mass is 16.5. The number of ether oxygens (including phenoxy) is 2.